The van der Waals surface area contributed by atoms with Crippen LogP contribution in [-0.4, -0.2) is 45.8 Å². The van der Waals surface area contributed by atoms with Gasteiger partial charge in [0.25, 0.3) is 0 Å². The molecule has 0 spiro atoms. The largest absolute Gasteiger partial charge is 0.356 e. The molecule has 3 heterocycles. The number of amides is 1. The molecule has 150 valence electrons. The minimum absolute atomic E-state index is 0.0546. The van der Waals surface area contributed by atoms with Crippen molar-refractivity contribution in [3.8, 4) is 5.82 Å². The van der Waals surface area contributed by atoms with Crippen molar-refractivity contribution in [2.75, 3.05) is 29.9 Å². The Morgan fingerprint density at radius 2 is 1.86 bits per heavy atom. The third-order valence-electron chi connectivity index (χ3n) is 5.43. The van der Waals surface area contributed by atoms with Gasteiger partial charge in [-0.1, -0.05) is 18.2 Å². The predicted molar refractivity (Wildman–Crippen MR) is 113 cm³/mol. The van der Waals surface area contributed by atoms with Gasteiger partial charge in [-0.05, 0) is 44.9 Å². The SMILES string of the molecule is Cc1cc(C)n(-c2cc(N3CCCC(C(=O)N(C)c4ccccc4)C3)ncn2)n1. The highest BCUT2D eigenvalue weighted by Crippen LogP contribution is 2.25. The number of rotatable bonds is 4. The van der Waals surface area contributed by atoms with Gasteiger partial charge in [-0.2, -0.15) is 5.10 Å². The smallest absolute Gasteiger partial charge is 0.231 e. The first-order chi connectivity index (χ1) is 14.0. The van der Waals surface area contributed by atoms with E-state index < -0.39 is 0 Å². The number of hydrogen-bond acceptors (Lipinski definition) is 5. The van der Waals surface area contributed by atoms with Crippen molar-refractivity contribution in [2.45, 2.75) is 26.7 Å². The van der Waals surface area contributed by atoms with Gasteiger partial charge in [0, 0.05) is 37.6 Å². The number of carbonyl (C=O) groups is 1. The number of nitrogens with zero attached hydrogens (tertiary/aromatic N) is 6. The van der Waals surface area contributed by atoms with Gasteiger partial charge in [-0.15, -0.1) is 0 Å². The average Bonchev–Trinajstić information content (AvgIpc) is 3.11. The molecule has 1 atom stereocenters. The number of anilines is 2. The van der Waals surface area contributed by atoms with Crippen LogP contribution in [0, 0.1) is 19.8 Å². The van der Waals surface area contributed by atoms with Gasteiger partial charge in [-0.3, -0.25) is 4.79 Å². The van der Waals surface area contributed by atoms with Gasteiger partial charge in [0.2, 0.25) is 5.91 Å². The summed E-state index contributed by atoms with van der Waals surface area (Å²) < 4.78 is 1.83. The summed E-state index contributed by atoms with van der Waals surface area (Å²) in [6.45, 7) is 5.52. The van der Waals surface area contributed by atoms with E-state index in [2.05, 4.69) is 20.0 Å². The lowest BCUT2D eigenvalue weighted by atomic mass is 9.96. The molecule has 7 nitrogen and oxygen atoms in total. The first-order valence-electron chi connectivity index (χ1n) is 9.96. The minimum Gasteiger partial charge on any atom is -0.356 e. The summed E-state index contributed by atoms with van der Waals surface area (Å²) in [7, 11) is 1.85. The van der Waals surface area contributed by atoms with Crippen molar-refractivity contribution in [3.05, 3.63) is 60.2 Å². The van der Waals surface area contributed by atoms with E-state index in [1.54, 1.807) is 11.2 Å². The molecule has 1 aromatic carbocycles. The maximum Gasteiger partial charge on any atom is 0.231 e. The second-order valence-corrected chi connectivity index (χ2v) is 7.59. The van der Waals surface area contributed by atoms with E-state index in [0.29, 0.717) is 6.54 Å². The summed E-state index contributed by atoms with van der Waals surface area (Å²) in [5, 5.41) is 4.51. The van der Waals surface area contributed by atoms with Crippen LogP contribution in [0.4, 0.5) is 11.5 Å². The zero-order chi connectivity index (χ0) is 20.4. The van der Waals surface area contributed by atoms with Crippen LogP contribution >= 0.6 is 0 Å². The lowest BCUT2D eigenvalue weighted by Gasteiger charge is -2.34. The first-order valence-corrected chi connectivity index (χ1v) is 9.96. The molecule has 1 amide bonds. The van der Waals surface area contributed by atoms with E-state index >= 15 is 0 Å². The topological polar surface area (TPSA) is 67.2 Å². The highest BCUT2D eigenvalue weighted by atomic mass is 16.2. The third kappa shape index (κ3) is 3.99. The van der Waals surface area contributed by atoms with Crippen molar-refractivity contribution in [1.82, 2.24) is 19.7 Å². The minimum atomic E-state index is -0.0546. The summed E-state index contributed by atoms with van der Waals surface area (Å²) in [6.07, 6.45) is 3.42. The van der Waals surface area contributed by atoms with Gasteiger partial charge in [0.1, 0.15) is 12.1 Å². The summed E-state index contributed by atoms with van der Waals surface area (Å²) in [5.74, 6) is 1.67. The zero-order valence-electron chi connectivity index (χ0n) is 17.1. The van der Waals surface area contributed by atoms with E-state index in [4.69, 9.17) is 0 Å². The summed E-state index contributed by atoms with van der Waals surface area (Å²) >= 11 is 0. The van der Waals surface area contributed by atoms with Crippen LogP contribution in [0.5, 0.6) is 0 Å². The van der Waals surface area contributed by atoms with Crippen LogP contribution < -0.4 is 9.80 Å². The number of benzene rings is 1. The fourth-order valence-corrected chi connectivity index (χ4v) is 3.93. The van der Waals surface area contributed by atoms with Gasteiger partial charge >= 0.3 is 0 Å². The van der Waals surface area contributed by atoms with Crippen LogP contribution in [-0.2, 0) is 4.79 Å². The lowest BCUT2D eigenvalue weighted by molar-refractivity contribution is -0.122. The van der Waals surface area contributed by atoms with E-state index in [-0.39, 0.29) is 11.8 Å². The van der Waals surface area contributed by atoms with Crippen LogP contribution in [0.25, 0.3) is 5.82 Å². The van der Waals surface area contributed by atoms with Gasteiger partial charge in [0.05, 0.1) is 11.6 Å². The fourth-order valence-electron chi connectivity index (χ4n) is 3.93. The molecule has 1 saturated heterocycles. The Kier molecular flexibility index (Phi) is 5.29. The Morgan fingerprint density at radius 1 is 1.10 bits per heavy atom. The molecular weight excluding hydrogens is 364 g/mol. The number of hydrogen-bond donors (Lipinski definition) is 0. The van der Waals surface area contributed by atoms with Crippen molar-refractivity contribution in [2.24, 2.45) is 5.92 Å². The molecule has 29 heavy (non-hydrogen) atoms. The van der Waals surface area contributed by atoms with Gasteiger partial charge in [-0.25, -0.2) is 14.6 Å². The molecule has 1 unspecified atom stereocenters. The van der Waals surface area contributed by atoms with Crippen LogP contribution in [0.2, 0.25) is 0 Å². The number of carbonyl (C=O) groups excluding carboxylic acids is 1. The van der Waals surface area contributed by atoms with Gasteiger partial charge < -0.3 is 9.80 Å². The molecule has 1 aliphatic rings. The maximum absolute atomic E-state index is 13.1. The predicted octanol–water partition coefficient (Wildman–Crippen LogP) is 3.16. The van der Waals surface area contributed by atoms with Crippen molar-refractivity contribution in [1.29, 1.82) is 0 Å². The van der Waals surface area contributed by atoms with E-state index in [1.807, 2.05) is 68.0 Å². The van der Waals surface area contributed by atoms with Crippen LogP contribution in [0.15, 0.2) is 48.8 Å². The highest BCUT2D eigenvalue weighted by Gasteiger charge is 2.29. The molecule has 0 saturated carbocycles. The van der Waals surface area contributed by atoms with E-state index in [9.17, 15) is 4.79 Å². The molecule has 1 fully saturated rings. The standard InChI is InChI=1S/C22H26N6O/c1-16-12-17(2)28(25-16)21-13-20(23-15-24-21)27-11-7-8-18(14-27)22(29)26(3)19-9-5-4-6-10-19/h4-6,9-10,12-13,15,18H,7-8,11,14H2,1-3H3. The molecule has 0 radical (unpaired) electrons. The van der Waals surface area contributed by atoms with E-state index in [0.717, 1.165) is 48.1 Å². The lowest BCUT2D eigenvalue weighted by Crippen LogP contribution is -2.44. The van der Waals surface area contributed by atoms with Crippen LogP contribution in [0.1, 0.15) is 24.2 Å². The normalized spacial score (nSPS) is 16.7. The summed E-state index contributed by atoms with van der Waals surface area (Å²) in [6, 6.07) is 13.8. The Bertz CT molecular complexity index is 1000. The van der Waals surface area contributed by atoms with Gasteiger partial charge in [0.15, 0.2) is 5.82 Å². The van der Waals surface area contributed by atoms with Crippen molar-refractivity contribution >= 4 is 17.4 Å². The number of para-hydroxylation sites is 1. The quantitative estimate of drug-likeness (QED) is 0.685. The Hall–Kier alpha value is -3.22. The first kappa shape index (κ1) is 19.1. The molecule has 0 N–H and O–H groups in total. The summed E-state index contributed by atoms with van der Waals surface area (Å²) in [5.41, 5.74) is 2.90. The maximum atomic E-state index is 13.1. The molecule has 7 heteroatoms. The van der Waals surface area contributed by atoms with Crippen molar-refractivity contribution < 1.29 is 4.79 Å². The number of piperidine rings is 1. The molecule has 0 aliphatic carbocycles. The second-order valence-electron chi connectivity index (χ2n) is 7.59. The zero-order valence-corrected chi connectivity index (χ0v) is 17.1. The third-order valence-corrected chi connectivity index (χ3v) is 5.43. The number of aryl methyl sites for hydroxylation is 2. The molecular formula is C22H26N6O. The monoisotopic (exact) mass is 390 g/mol. The molecule has 4 rings (SSSR count). The molecule has 0 bridgehead atoms. The molecule has 2 aromatic heterocycles. The Labute approximate surface area is 171 Å². The molecule has 3 aromatic rings. The second kappa shape index (κ2) is 8.03. The Morgan fingerprint density at radius 3 is 2.59 bits per heavy atom. The highest BCUT2D eigenvalue weighted by molar-refractivity contribution is 5.95. The summed E-state index contributed by atoms with van der Waals surface area (Å²) in [4.78, 5) is 25.9. The van der Waals surface area contributed by atoms with E-state index in [1.165, 1.54) is 0 Å². The fraction of sp³-hybridized carbons (Fsp3) is 0.364. The number of aromatic nitrogens is 4. The van der Waals surface area contributed by atoms with Crippen LogP contribution in [0.3, 0.4) is 0 Å². The Balaban J connectivity index is 1.52. The molecule has 1 aliphatic heterocycles. The average molecular weight is 390 g/mol. The van der Waals surface area contributed by atoms with Crippen molar-refractivity contribution in [3.63, 3.8) is 0 Å².